The zero-order valence-corrected chi connectivity index (χ0v) is 12.6. The van der Waals surface area contributed by atoms with Crippen LogP contribution >= 0.6 is 11.3 Å². The second-order valence-electron chi connectivity index (χ2n) is 5.55. The van der Waals surface area contributed by atoms with Gasteiger partial charge in [-0.1, -0.05) is 13.3 Å². The third-order valence-corrected chi connectivity index (χ3v) is 4.81. The summed E-state index contributed by atoms with van der Waals surface area (Å²) in [5, 5.41) is 16.4. The van der Waals surface area contributed by atoms with E-state index in [1.807, 2.05) is 0 Å². The number of rotatable bonds is 4. The Hall–Kier alpha value is -1.20. The summed E-state index contributed by atoms with van der Waals surface area (Å²) in [4.78, 5) is 10.2. The van der Waals surface area contributed by atoms with Crippen molar-refractivity contribution < 1.29 is 5.11 Å². The van der Waals surface area contributed by atoms with Crippen LogP contribution in [0.15, 0.2) is 11.4 Å². The van der Waals surface area contributed by atoms with Crippen LogP contribution in [0.5, 0.6) is 0 Å². The molecule has 20 heavy (non-hydrogen) atoms. The van der Waals surface area contributed by atoms with Crippen molar-refractivity contribution in [3.05, 3.63) is 17.3 Å². The first-order valence-corrected chi connectivity index (χ1v) is 8.30. The quantitative estimate of drug-likeness (QED) is 0.908. The number of fused-ring (bicyclic) bond motifs is 1. The Bertz CT molecular complexity index is 584. The summed E-state index contributed by atoms with van der Waals surface area (Å²) in [7, 11) is 0. The van der Waals surface area contributed by atoms with E-state index >= 15 is 0 Å². The molecule has 0 spiro atoms. The number of aromatic nitrogens is 2. The predicted molar refractivity (Wildman–Crippen MR) is 83.2 cm³/mol. The van der Waals surface area contributed by atoms with Crippen molar-refractivity contribution in [2.24, 2.45) is 5.92 Å². The van der Waals surface area contributed by atoms with Gasteiger partial charge < -0.3 is 10.4 Å². The minimum absolute atomic E-state index is 0.117. The molecule has 1 aliphatic carbocycles. The molecule has 0 aliphatic heterocycles. The van der Waals surface area contributed by atoms with Gasteiger partial charge in [-0.25, -0.2) is 9.97 Å². The molecular weight excluding hydrogens is 270 g/mol. The maximum absolute atomic E-state index is 9.75. The fourth-order valence-corrected chi connectivity index (χ4v) is 3.66. The summed E-state index contributed by atoms with van der Waals surface area (Å²) in [6.45, 7) is 2.97. The molecule has 0 radical (unpaired) electrons. The van der Waals surface area contributed by atoms with E-state index in [9.17, 15) is 5.11 Å². The van der Waals surface area contributed by atoms with E-state index in [0.717, 1.165) is 54.1 Å². The van der Waals surface area contributed by atoms with Crippen molar-refractivity contribution in [3.63, 3.8) is 0 Å². The Morgan fingerprint density at radius 3 is 3.10 bits per heavy atom. The largest absolute Gasteiger partial charge is 0.393 e. The summed E-state index contributed by atoms with van der Waals surface area (Å²) >= 11 is 1.66. The number of nitrogens with zero attached hydrogens (tertiary/aromatic N) is 2. The van der Waals surface area contributed by atoms with Gasteiger partial charge in [0.2, 0.25) is 0 Å². The SMILES string of the molecule is CCc1nc(NCC2CCCC(O)C2)c2ccsc2n1. The van der Waals surface area contributed by atoms with Gasteiger partial charge in [0.15, 0.2) is 0 Å². The molecule has 2 aromatic heterocycles. The predicted octanol–water partition coefficient (Wildman–Crippen LogP) is 3.22. The first-order valence-electron chi connectivity index (χ1n) is 7.42. The average Bonchev–Trinajstić information content (AvgIpc) is 2.93. The van der Waals surface area contributed by atoms with Crippen molar-refractivity contribution in [2.45, 2.75) is 45.1 Å². The summed E-state index contributed by atoms with van der Waals surface area (Å²) < 4.78 is 0. The zero-order chi connectivity index (χ0) is 13.9. The summed E-state index contributed by atoms with van der Waals surface area (Å²) in [5.74, 6) is 2.40. The van der Waals surface area contributed by atoms with Gasteiger partial charge in [-0.2, -0.15) is 0 Å². The maximum Gasteiger partial charge on any atom is 0.138 e. The average molecular weight is 291 g/mol. The number of hydrogen-bond donors (Lipinski definition) is 2. The number of anilines is 1. The number of aryl methyl sites for hydroxylation is 1. The standard InChI is InChI=1S/C15H21N3OS/c1-2-13-17-14(12-6-7-20-15(12)18-13)16-9-10-4-3-5-11(19)8-10/h6-7,10-11,19H,2-5,8-9H2,1H3,(H,16,17,18). The fourth-order valence-electron chi connectivity index (χ4n) is 2.88. The second-order valence-corrected chi connectivity index (χ2v) is 6.44. The van der Waals surface area contributed by atoms with E-state index in [0.29, 0.717) is 5.92 Å². The van der Waals surface area contributed by atoms with Crippen LogP contribution in [-0.4, -0.2) is 27.7 Å². The Balaban J connectivity index is 1.74. The van der Waals surface area contributed by atoms with Gasteiger partial charge in [-0.3, -0.25) is 0 Å². The molecule has 1 fully saturated rings. The summed E-state index contributed by atoms with van der Waals surface area (Å²) in [5.41, 5.74) is 0. The van der Waals surface area contributed by atoms with Crippen LogP contribution < -0.4 is 5.32 Å². The number of hydrogen-bond acceptors (Lipinski definition) is 5. The van der Waals surface area contributed by atoms with Crippen molar-refractivity contribution >= 4 is 27.4 Å². The van der Waals surface area contributed by atoms with E-state index in [2.05, 4.69) is 33.7 Å². The van der Waals surface area contributed by atoms with E-state index in [1.165, 1.54) is 6.42 Å². The molecule has 0 aromatic carbocycles. The molecule has 5 heteroatoms. The lowest BCUT2D eigenvalue weighted by Gasteiger charge is -2.26. The van der Waals surface area contributed by atoms with Crippen LogP contribution in [0.25, 0.3) is 10.2 Å². The van der Waals surface area contributed by atoms with Crippen LogP contribution in [0.1, 0.15) is 38.4 Å². The summed E-state index contributed by atoms with van der Waals surface area (Å²) in [6, 6.07) is 2.08. The Morgan fingerprint density at radius 2 is 2.30 bits per heavy atom. The molecule has 2 atom stereocenters. The van der Waals surface area contributed by atoms with Gasteiger partial charge in [0, 0.05) is 13.0 Å². The second kappa shape index (κ2) is 6.06. The van der Waals surface area contributed by atoms with E-state index in [1.54, 1.807) is 11.3 Å². The van der Waals surface area contributed by atoms with Crippen LogP contribution in [0, 0.1) is 5.92 Å². The molecule has 2 N–H and O–H groups in total. The van der Waals surface area contributed by atoms with Crippen LogP contribution in [-0.2, 0) is 6.42 Å². The van der Waals surface area contributed by atoms with Gasteiger partial charge >= 0.3 is 0 Å². The van der Waals surface area contributed by atoms with Crippen LogP contribution in [0.4, 0.5) is 5.82 Å². The van der Waals surface area contributed by atoms with Crippen molar-refractivity contribution in [1.29, 1.82) is 0 Å². The van der Waals surface area contributed by atoms with Crippen molar-refractivity contribution in [2.75, 3.05) is 11.9 Å². The lowest BCUT2D eigenvalue weighted by Crippen LogP contribution is -2.25. The van der Waals surface area contributed by atoms with E-state index in [4.69, 9.17) is 0 Å². The lowest BCUT2D eigenvalue weighted by atomic mass is 9.87. The number of thiophene rings is 1. The molecule has 1 saturated carbocycles. The van der Waals surface area contributed by atoms with Crippen molar-refractivity contribution in [1.82, 2.24) is 9.97 Å². The first-order chi connectivity index (χ1) is 9.76. The van der Waals surface area contributed by atoms with E-state index < -0.39 is 0 Å². The molecular formula is C15H21N3OS. The number of aliphatic hydroxyl groups is 1. The smallest absolute Gasteiger partial charge is 0.138 e. The zero-order valence-electron chi connectivity index (χ0n) is 11.8. The molecule has 0 amide bonds. The highest BCUT2D eigenvalue weighted by molar-refractivity contribution is 7.16. The number of nitrogens with one attached hydrogen (secondary N) is 1. The Kier molecular flexibility index (Phi) is 4.17. The highest BCUT2D eigenvalue weighted by Gasteiger charge is 2.20. The molecule has 2 unspecified atom stereocenters. The minimum Gasteiger partial charge on any atom is -0.393 e. The van der Waals surface area contributed by atoms with Crippen molar-refractivity contribution in [3.8, 4) is 0 Å². The molecule has 0 bridgehead atoms. The topological polar surface area (TPSA) is 58.0 Å². The minimum atomic E-state index is -0.117. The maximum atomic E-state index is 9.75. The highest BCUT2D eigenvalue weighted by Crippen LogP contribution is 2.28. The monoisotopic (exact) mass is 291 g/mol. The lowest BCUT2D eigenvalue weighted by molar-refractivity contribution is 0.104. The first kappa shape index (κ1) is 13.8. The molecule has 2 heterocycles. The third-order valence-electron chi connectivity index (χ3n) is 4.00. The van der Waals surface area contributed by atoms with E-state index in [-0.39, 0.29) is 6.10 Å². The number of aliphatic hydroxyl groups excluding tert-OH is 1. The van der Waals surface area contributed by atoms with Gasteiger partial charge in [0.25, 0.3) is 0 Å². The molecule has 108 valence electrons. The van der Waals surface area contributed by atoms with Crippen LogP contribution in [0.3, 0.4) is 0 Å². The molecule has 4 nitrogen and oxygen atoms in total. The molecule has 2 aromatic rings. The van der Waals surface area contributed by atoms with Gasteiger partial charge in [0.1, 0.15) is 16.5 Å². The van der Waals surface area contributed by atoms with Gasteiger partial charge in [0.05, 0.1) is 11.5 Å². The molecule has 1 aliphatic rings. The normalized spacial score (nSPS) is 23.1. The fraction of sp³-hybridized carbons (Fsp3) is 0.600. The molecule has 0 saturated heterocycles. The Morgan fingerprint density at radius 1 is 1.40 bits per heavy atom. The molecule has 3 rings (SSSR count). The van der Waals surface area contributed by atoms with Gasteiger partial charge in [-0.05, 0) is 36.6 Å². The van der Waals surface area contributed by atoms with Gasteiger partial charge in [-0.15, -0.1) is 11.3 Å². The summed E-state index contributed by atoms with van der Waals surface area (Å²) in [6.07, 6.45) is 4.93. The Labute approximate surface area is 123 Å². The highest BCUT2D eigenvalue weighted by atomic mass is 32.1. The third kappa shape index (κ3) is 2.94. The van der Waals surface area contributed by atoms with Crippen LogP contribution in [0.2, 0.25) is 0 Å².